The van der Waals surface area contributed by atoms with Gasteiger partial charge in [-0.05, 0) is 31.5 Å². The zero-order valence-corrected chi connectivity index (χ0v) is 13.1. The molecule has 0 aliphatic carbocycles. The first-order valence-corrected chi connectivity index (χ1v) is 7.73. The highest BCUT2D eigenvalue weighted by Gasteiger charge is 2.14. The Kier molecular flexibility index (Phi) is 3.51. The number of nitrogens with zero attached hydrogens (tertiary/aromatic N) is 2. The Balaban J connectivity index is 1.93. The average molecular weight is 299 g/mol. The second-order valence-electron chi connectivity index (χ2n) is 4.99. The molecule has 3 rings (SSSR count). The lowest BCUT2D eigenvalue weighted by Crippen LogP contribution is -2.12. The van der Waals surface area contributed by atoms with E-state index < -0.39 is 0 Å². The third-order valence-corrected chi connectivity index (χ3v) is 4.55. The number of thiazole rings is 1. The van der Waals surface area contributed by atoms with E-state index >= 15 is 0 Å². The number of amides is 1. The number of aryl methyl sites for hydroxylation is 3. The summed E-state index contributed by atoms with van der Waals surface area (Å²) in [5.74, 6) is -0.108. The van der Waals surface area contributed by atoms with Crippen molar-refractivity contribution in [1.82, 2.24) is 9.55 Å². The molecule has 3 aromatic rings. The molecule has 1 aromatic carbocycles. The van der Waals surface area contributed by atoms with Crippen LogP contribution in [-0.2, 0) is 13.5 Å². The maximum Gasteiger partial charge on any atom is 0.258 e. The minimum atomic E-state index is -0.108. The van der Waals surface area contributed by atoms with Gasteiger partial charge in [-0.1, -0.05) is 13.0 Å². The molecule has 0 fully saturated rings. The maximum atomic E-state index is 12.5. The van der Waals surface area contributed by atoms with Crippen LogP contribution in [0.2, 0.25) is 0 Å². The van der Waals surface area contributed by atoms with Gasteiger partial charge in [-0.2, -0.15) is 0 Å². The predicted molar refractivity (Wildman–Crippen MR) is 87.1 cm³/mol. The Bertz CT molecular complexity index is 816. The molecule has 0 aliphatic rings. The molecule has 0 atom stereocenters. The van der Waals surface area contributed by atoms with E-state index in [9.17, 15) is 4.79 Å². The van der Waals surface area contributed by atoms with E-state index in [4.69, 9.17) is 0 Å². The molecule has 0 saturated carbocycles. The molecule has 2 heterocycles. The second-order valence-corrected chi connectivity index (χ2v) is 6.20. The molecular formula is C16H17N3OS. The first kappa shape index (κ1) is 13.8. The molecule has 0 saturated heterocycles. The van der Waals surface area contributed by atoms with Crippen molar-refractivity contribution in [2.24, 2.45) is 7.05 Å². The Morgan fingerprint density at radius 2 is 2.19 bits per heavy atom. The van der Waals surface area contributed by atoms with Crippen LogP contribution in [0, 0.1) is 6.92 Å². The number of aromatic nitrogens is 2. The molecular weight excluding hydrogens is 282 g/mol. The van der Waals surface area contributed by atoms with Crippen LogP contribution in [0.5, 0.6) is 0 Å². The van der Waals surface area contributed by atoms with Gasteiger partial charge in [-0.25, -0.2) is 4.98 Å². The van der Waals surface area contributed by atoms with Gasteiger partial charge in [-0.3, -0.25) is 10.1 Å². The zero-order valence-electron chi connectivity index (χ0n) is 12.3. The van der Waals surface area contributed by atoms with Gasteiger partial charge in [0, 0.05) is 34.6 Å². The Morgan fingerprint density at radius 3 is 2.90 bits per heavy atom. The average Bonchev–Trinajstić information content (AvgIpc) is 3.02. The van der Waals surface area contributed by atoms with E-state index in [1.165, 1.54) is 11.3 Å². The first-order chi connectivity index (χ1) is 10.1. The first-order valence-electron chi connectivity index (χ1n) is 6.92. The lowest BCUT2D eigenvalue weighted by Gasteiger charge is -2.04. The minimum Gasteiger partial charge on any atom is -0.351 e. The van der Waals surface area contributed by atoms with Crippen LogP contribution < -0.4 is 5.32 Å². The molecule has 0 radical (unpaired) electrons. The van der Waals surface area contributed by atoms with Gasteiger partial charge in [0.25, 0.3) is 5.91 Å². The standard InChI is InChI=1S/C16H17N3OS/c1-4-13-10(2)21-16(17-13)18-15(20)12-6-5-7-14-11(12)8-9-19(14)3/h5-9H,4H2,1-3H3,(H,17,18,20). The van der Waals surface area contributed by atoms with Crippen molar-refractivity contribution in [2.75, 3.05) is 5.32 Å². The van der Waals surface area contributed by atoms with Gasteiger partial charge in [-0.15, -0.1) is 11.3 Å². The fourth-order valence-electron chi connectivity index (χ4n) is 2.47. The second kappa shape index (κ2) is 5.33. The number of nitrogens with one attached hydrogen (secondary N) is 1. The molecule has 108 valence electrons. The van der Waals surface area contributed by atoms with Crippen molar-refractivity contribution in [1.29, 1.82) is 0 Å². The maximum absolute atomic E-state index is 12.5. The minimum absolute atomic E-state index is 0.108. The summed E-state index contributed by atoms with van der Waals surface area (Å²) in [6.45, 7) is 4.10. The zero-order chi connectivity index (χ0) is 15.0. The van der Waals surface area contributed by atoms with Crippen molar-refractivity contribution < 1.29 is 4.79 Å². The Hall–Kier alpha value is -2.14. The topological polar surface area (TPSA) is 46.9 Å². The highest BCUT2D eigenvalue weighted by atomic mass is 32.1. The van der Waals surface area contributed by atoms with Crippen molar-refractivity contribution in [3.8, 4) is 0 Å². The highest BCUT2D eigenvalue weighted by Crippen LogP contribution is 2.25. The highest BCUT2D eigenvalue weighted by molar-refractivity contribution is 7.15. The molecule has 0 aliphatic heterocycles. The van der Waals surface area contributed by atoms with E-state index in [0.717, 1.165) is 27.9 Å². The SMILES string of the molecule is CCc1nc(NC(=O)c2cccc3c2ccn3C)sc1C. The van der Waals surface area contributed by atoms with Gasteiger partial charge in [0.15, 0.2) is 5.13 Å². The summed E-state index contributed by atoms with van der Waals surface area (Å²) < 4.78 is 2.01. The number of fused-ring (bicyclic) bond motifs is 1. The lowest BCUT2D eigenvalue weighted by atomic mass is 10.1. The van der Waals surface area contributed by atoms with Crippen molar-refractivity contribution in [3.63, 3.8) is 0 Å². The van der Waals surface area contributed by atoms with Crippen LogP contribution in [0.1, 0.15) is 27.9 Å². The summed E-state index contributed by atoms with van der Waals surface area (Å²) >= 11 is 1.52. The monoisotopic (exact) mass is 299 g/mol. The largest absolute Gasteiger partial charge is 0.351 e. The summed E-state index contributed by atoms with van der Waals surface area (Å²) in [6, 6.07) is 7.73. The molecule has 0 spiro atoms. The van der Waals surface area contributed by atoms with Crippen molar-refractivity contribution >= 4 is 33.3 Å². The summed E-state index contributed by atoms with van der Waals surface area (Å²) in [5.41, 5.74) is 2.78. The van der Waals surface area contributed by atoms with E-state index in [1.54, 1.807) is 0 Å². The van der Waals surface area contributed by atoms with Crippen molar-refractivity contribution in [2.45, 2.75) is 20.3 Å². The molecule has 0 bridgehead atoms. The number of rotatable bonds is 3. The van der Waals surface area contributed by atoms with E-state index in [2.05, 4.69) is 17.2 Å². The Morgan fingerprint density at radius 1 is 1.38 bits per heavy atom. The molecule has 1 amide bonds. The molecule has 2 aromatic heterocycles. The molecule has 4 nitrogen and oxygen atoms in total. The van der Waals surface area contributed by atoms with Crippen LogP contribution in [-0.4, -0.2) is 15.5 Å². The number of carbonyl (C=O) groups excluding carboxylic acids is 1. The molecule has 5 heteroatoms. The summed E-state index contributed by atoms with van der Waals surface area (Å²) in [4.78, 5) is 18.1. The molecule has 1 N–H and O–H groups in total. The third-order valence-electron chi connectivity index (χ3n) is 3.62. The smallest absolute Gasteiger partial charge is 0.258 e. The number of hydrogen-bond donors (Lipinski definition) is 1. The fraction of sp³-hybridized carbons (Fsp3) is 0.250. The lowest BCUT2D eigenvalue weighted by molar-refractivity contribution is 0.102. The summed E-state index contributed by atoms with van der Waals surface area (Å²) in [6.07, 6.45) is 2.84. The van der Waals surface area contributed by atoms with Crippen LogP contribution in [0.15, 0.2) is 30.5 Å². The van der Waals surface area contributed by atoms with E-state index in [0.29, 0.717) is 10.7 Å². The fourth-order valence-corrected chi connectivity index (χ4v) is 3.37. The molecule has 0 unspecified atom stereocenters. The van der Waals surface area contributed by atoms with Gasteiger partial charge in [0.05, 0.1) is 5.69 Å². The Labute approximate surface area is 127 Å². The van der Waals surface area contributed by atoms with Gasteiger partial charge in [0.1, 0.15) is 0 Å². The van der Waals surface area contributed by atoms with Gasteiger partial charge in [0.2, 0.25) is 0 Å². The van der Waals surface area contributed by atoms with Gasteiger partial charge >= 0.3 is 0 Å². The quantitative estimate of drug-likeness (QED) is 0.800. The summed E-state index contributed by atoms with van der Waals surface area (Å²) in [5, 5.41) is 4.54. The summed E-state index contributed by atoms with van der Waals surface area (Å²) in [7, 11) is 1.97. The normalized spacial score (nSPS) is 11.0. The van der Waals surface area contributed by atoms with Crippen molar-refractivity contribution in [3.05, 3.63) is 46.6 Å². The van der Waals surface area contributed by atoms with Crippen LogP contribution in [0.25, 0.3) is 10.9 Å². The van der Waals surface area contributed by atoms with Crippen LogP contribution >= 0.6 is 11.3 Å². The van der Waals surface area contributed by atoms with E-state index in [-0.39, 0.29) is 5.91 Å². The number of carbonyl (C=O) groups is 1. The van der Waals surface area contributed by atoms with E-state index in [1.807, 2.05) is 49.0 Å². The van der Waals surface area contributed by atoms with Gasteiger partial charge < -0.3 is 4.57 Å². The number of benzene rings is 1. The number of hydrogen-bond acceptors (Lipinski definition) is 3. The predicted octanol–water partition coefficient (Wildman–Crippen LogP) is 3.76. The molecule has 21 heavy (non-hydrogen) atoms. The van der Waals surface area contributed by atoms with Crippen LogP contribution in [0.4, 0.5) is 5.13 Å². The number of anilines is 1. The third kappa shape index (κ3) is 2.45. The van der Waals surface area contributed by atoms with Crippen LogP contribution in [0.3, 0.4) is 0 Å².